The van der Waals surface area contributed by atoms with Crippen LogP contribution in [0.4, 0.5) is 8.78 Å². The van der Waals surface area contributed by atoms with Gasteiger partial charge in [-0.25, -0.2) is 13.6 Å². The first-order valence-electron chi connectivity index (χ1n) is 5.49. The fourth-order valence-corrected chi connectivity index (χ4v) is 2.23. The number of carboxylic acid groups (broad SMARTS) is 1. The number of likely N-dealkylation sites (tertiary alicyclic amines) is 1. The van der Waals surface area contributed by atoms with Gasteiger partial charge in [-0.15, -0.1) is 12.4 Å². The van der Waals surface area contributed by atoms with Gasteiger partial charge in [-0.1, -0.05) is 17.7 Å². The molecule has 0 spiro atoms. The molecule has 1 N–H and O–H groups in total. The summed E-state index contributed by atoms with van der Waals surface area (Å²) in [6.07, 6.45) is -0.141. The summed E-state index contributed by atoms with van der Waals surface area (Å²) < 4.78 is 26.0. The molecule has 7 heteroatoms. The molecule has 0 aromatic heterocycles. The van der Waals surface area contributed by atoms with Gasteiger partial charge < -0.3 is 5.11 Å². The quantitative estimate of drug-likeness (QED) is 0.931. The van der Waals surface area contributed by atoms with Crippen molar-refractivity contribution in [2.24, 2.45) is 0 Å². The molecule has 0 unspecified atom stereocenters. The zero-order chi connectivity index (χ0) is 13.3. The molecule has 0 bridgehead atoms. The van der Waals surface area contributed by atoms with Crippen LogP contribution in [-0.2, 0) is 6.54 Å². The lowest BCUT2D eigenvalue weighted by Gasteiger charge is -2.16. The molecule has 19 heavy (non-hydrogen) atoms. The largest absolute Gasteiger partial charge is 0.478 e. The van der Waals surface area contributed by atoms with Gasteiger partial charge in [0.25, 0.3) is 5.92 Å². The summed E-state index contributed by atoms with van der Waals surface area (Å²) >= 11 is 5.95. The van der Waals surface area contributed by atoms with E-state index >= 15 is 0 Å². The molecule has 1 aromatic carbocycles. The minimum atomic E-state index is -2.63. The number of carboxylic acids is 1. The van der Waals surface area contributed by atoms with Crippen LogP contribution in [0.2, 0.25) is 5.02 Å². The lowest BCUT2D eigenvalue weighted by Crippen LogP contribution is -2.25. The second-order valence-corrected chi connectivity index (χ2v) is 4.84. The monoisotopic (exact) mass is 311 g/mol. The van der Waals surface area contributed by atoms with E-state index < -0.39 is 11.9 Å². The summed E-state index contributed by atoms with van der Waals surface area (Å²) in [7, 11) is 0. The Morgan fingerprint density at radius 1 is 1.47 bits per heavy atom. The molecule has 0 saturated carbocycles. The number of nitrogens with zero attached hydrogens (tertiary/aromatic N) is 1. The molecule has 1 saturated heterocycles. The van der Waals surface area contributed by atoms with Gasteiger partial charge in [0.15, 0.2) is 0 Å². The van der Waals surface area contributed by atoms with Crippen molar-refractivity contribution in [3.63, 3.8) is 0 Å². The van der Waals surface area contributed by atoms with Crippen LogP contribution in [0.1, 0.15) is 22.3 Å². The average molecular weight is 312 g/mol. The maximum Gasteiger partial charge on any atom is 0.335 e. The predicted molar refractivity (Wildman–Crippen MR) is 70.5 cm³/mol. The van der Waals surface area contributed by atoms with E-state index in [4.69, 9.17) is 16.7 Å². The molecule has 0 radical (unpaired) electrons. The van der Waals surface area contributed by atoms with Crippen LogP contribution in [0.15, 0.2) is 18.2 Å². The molecule has 1 aromatic rings. The van der Waals surface area contributed by atoms with Gasteiger partial charge in [0.05, 0.1) is 12.1 Å². The number of halogens is 4. The number of hydrogen-bond donors (Lipinski definition) is 1. The zero-order valence-electron chi connectivity index (χ0n) is 9.91. The Balaban J connectivity index is 0.00000180. The molecule has 2 rings (SSSR count). The van der Waals surface area contributed by atoms with Crippen molar-refractivity contribution < 1.29 is 18.7 Å². The van der Waals surface area contributed by atoms with Gasteiger partial charge in [-0.05, 0) is 17.7 Å². The van der Waals surface area contributed by atoms with Crippen molar-refractivity contribution in [3.8, 4) is 0 Å². The topological polar surface area (TPSA) is 40.5 Å². The Kier molecular flexibility index (Phi) is 5.12. The molecule has 106 valence electrons. The number of alkyl halides is 2. The lowest BCUT2D eigenvalue weighted by atomic mass is 10.1. The fourth-order valence-electron chi connectivity index (χ4n) is 1.99. The molecule has 1 aliphatic heterocycles. The smallest absolute Gasteiger partial charge is 0.335 e. The minimum Gasteiger partial charge on any atom is -0.478 e. The summed E-state index contributed by atoms with van der Waals surface area (Å²) in [5.74, 6) is -3.69. The van der Waals surface area contributed by atoms with E-state index in [1.54, 1.807) is 11.0 Å². The van der Waals surface area contributed by atoms with E-state index in [9.17, 15) is 13.6 Å². The summed E-state index contributed by atoms with van der Waals surface area (Å²) in [6.45, 7) is 0.363. The molecule has 0 amide bonds. The Morgan fingerprint density at radius 2 is 2.16 bits per heavy atom. The number of hydrogen-bond acceptors (Lipinski definition) is 2. The molecule has 3 nitrogen and oxygen atoms in total. The zero-order valence-corrected chi connectivity index (χ0v) is 11.5. The van der Waals surface area contributed by atoms with Crippen molar-refractivity contribution in [2.45, 2.75) is 18.9 Å². The summed E-state index contributed by atoms with van der Waals surface area (Å²) in [6, 6.07) is 4.34. The Bertz CT molecular complexity index is 483. The van der Waals surface area contributed by atoms with E-state index in [0.29, 0.717) is 23.7 Å². The van der Waals surface area contributed by atoms with Crippen molar-refractivity contribution in [3.05, 3.63) is 34.3 Å². The Morgan fingerprint density at radius 3 is 2.63 bits per heavy atom. The third kappa shape index (κ3) is 4.03. The molecular formula is C12H13Cl2F2NO2. The van der Waals surface area contributed by atoms with Crippen molar-refractivity contribution in [2.75, 3.05) is 13.1 Å². The molecule has 1 fully saturated rings. The van der Waals surface area contributed by atoms with Crippen LogP contribution in [0, 0.1) is 0 Å². The standard InChI is InChI=1S/C12H12ClF2NO2.ClH/c13-10-5-8(11(17)18)1-2-9(10)6-16-4-3-12(14,15)7-16;/h1-2,5H,3-4,6-7H2,(H,17,18);1H. The second-order valence-electron chi connectivity index (χ2n) is 4.43. The van der Waals surface area contributed by atoms with E-state index in [-0.39, 0.29) is 30.9 Å². The lowest BCUT2D eigenvalue weighted by molar-refractivity contribution is 0.0115. The van der Waals surface area contributed by atoms with Crippen molar-refractivity contribution >= 4 is 30.0 Å². The normalized spacial score (nSPS) is 18.1. The van der Waals surface area contributed by atoms with Gasteiger partial charge in [0.2, 0.25) is 0 Å². The van der Waals surface area contributed by atoms with Crippen LogP contribution >= 0.6 is 24.0 Å². The average Bonchev–Trinajstić information content (AvgIpc) is 2.61. The van der Waals surface area contributed by atoms with E-state index in [2.05, 4.69) is 0 Å². The highest BCUT2D eigenvalue weighted by Crippen LogP contribution is 2.29. The SMILES string of the molecule is Cl.O=C(O)c1ccc(CN2CCC(F)(F)C2)c(Cl)c1. The summed E-state index contributed by atoms with van der Waals surface area (Å²) in [5, 5.41) is 9.08. The Hall–Kier alpha value is -0.910. The molecule has 0 atom stereocenters. The maximum absolute atomic E-state index is 13.0. The van der Waals surface area contributed by atoms with Gasteiger partial charge >= 0.3 is 5.97 Å². The van der Waals surface area contributed by atoms with Crippen LogP contribution in [0.25, 0.3) is 0 Å². The van der Waals surface area contributed by atoms with Gasteiger partial charge in [0.1, 0.15) is 0 Å². The van der Waals surface area contributed by atoms with Gasteiger partial charge in [0, 0.05) is 24.5 Å². The van der Waals surface area contributed by atoms with Crippen LogP contribution in [0.5, 0.6) is 0 Å². The third-order valence-corrected chi connectivity index (χ3v) is 3.29. The molecule has 0 aliphatic carbocycles. The number of benzene rings is 1. The van der Waals surface area contributed by atoms with Gasteiger partial charge in [-0.2, -0.15) is 0 Å². The predicted octanol–water partition coefficient (Wildman–Crippen LogP) is 3.30. The first-order valence-corrected chi connectivity index (χ1v) is 5.87. The van der Waals surface area contributed by atoms with Crippen molar-refractivity contribution in [1.82, 2.24) is 4.90 Å². The maximum atomic E-state index is 13.0. The molecule has 1 heterocycles. The van der Waals surface area contributed by atoms with Gasteiger partial charge in [-0.3, -0.25) is 4.90 Å². The van der Waals surface area contributed by atoms with Crippen LogP contribution < -0.4 is 0 Å². The fraction of sp³-hybridized carbons (Fsp3) is 0.417. The van der Waals surface area contributed by atoms with Crippen LogP contribution in [0.3, 0.4) is 0 Å². The van der Waals surface area contributed by atoms with E-state index in [1.165, 1.54) is 12.1 Å². The summed E-state index contributed by atoms with van der Waals surface area (Å²) in [5.41, 5.74) is 0.759. The second kappa shape index (κ2) is 6.03. The molecule has 1 aliphatic rings. The first-order chi connectivity index (χ1) is 8.37. The van der Waals surface area contributed by atoms with E-state index in [1.807, 2.05) is 0 Å². The first kappa shape index (κ1) is 16.1. The highest BCUT2D eigenvalue weighted by molar-refractivity contribution is 6.31. The molecular weight excluding hydrogens is 299 g/mol. The highest BCUT2D eigenvalue weighted by atomic mass is 35.5. The highest BCUT2D eigenvalue weighted by Gasteiger charge is 2.38. The Labute approximate surface area is 120 Å². The van der Waals surface area contributed by atoms with E-state index in [0.717, 1.165) is 0 Å². The number of rotatable bonds is 3. The number of aromatic carboxylic acids is 1. The van der Waals surface area contributed by atoms with Crippen molar-refractivity contribution in [1.29, 1.82) is 0 Å². The summed E-state index contributed by atoms with van der Waals surface area (Å²) in [4.78, 5) is 12.3. The third-order valence-electron chi connectivity index (χ3n) is 2.94. The number of carbonyl (C=O) groups is 1. The minimum absolute atomic E-state index is 0. The van der Waals surface area contributed by atoms with Crippen LogP contribution in [-0.4, -0.2) is 35.0 Å².